The van der Waals surface area contributed by atoms with Crippen molar-refractivity contribution in [3.05, 3.63) is 52.4 Å². The maximum atomic E-state index is 11.8. The van der Waals surface area contributed by atoms with E-state index < -0.39 is 11.7 Å². The molecule has 122 valence electrons. The van der Waals surface area contributed by atoms with Gasteiger partial charge in [-0.25, -0.2) is 4.79 Å². The standard InChI is InChI=1S/C18H21NO4/c1-18(2,3)23-17(21)19-10-5-4-6-13-7-8-16-14(12-13)15(20)9-11-22-16/h4,6-9,11-12H,5,10H2,1-3H3,(H,19,21). The molecule has 1 heterocycles. The van der Waals surface area contributed by atoms with Gasteiger partial charge in [0.2, 0.25) is 0 Å². The number of nitrogens with one attached hydrogen (secondary N) is 1. The van der Waals surface area contributed by atoms with E-state index in [1.165, 1.54) is 12.3 Å². The van der Waals surface area contributed by atoms with Crippen molar-refractivity contribution in [2.24, 2.45) is 0 Å². The topological polar surface area (TPSA) is 68.5 Å². The van der Waals surface area contributed by atoms with E-state index in [1.807, 2.05) is 39.0 Å². The maximum absolute atomic E-state index is 11.8. The first kappa shape index (κ1) is 16.8. The van der Waals surface area contributed by atoms with Crippen molar-refractivity contribution >= 4 is 23.1 Å². The second kappa shape index (κ2) is 7.13. The first-order chi connectivity index (χ1) is 10.8. The summed E-state index contributed by atoms with van der Waals surface area (Å²) in [7, 11) is 0. The summed E-state index contributed by atoms with van der Waals surface area (Å²) in [6, 6.07) is 6.85. The summed E-state index contributed by atoms with van der Waals surface area (Å²) in [5.74, 6) is 0. The number of fused-ring (bicyclic) bond motifs is 1. The molecule has 1 aromatic carbocycles. The van der Waals surface area contributed by atoms with E-state index in [9.17, 15) is 9.59 Å². The van der Waals surface area contributed by atoms with Crippen LogP contribution in [-0.4, -0.2) is 18.2 Å². The number of amides is 1. The van der Waals surface area contributed by atoms with Crippen molar-refractivity contribution in [2.75, 3.05) is 6.54 Å². The maximum Gasteiger partial charge on any atom is 0.407 e. The molecule has 0 saturated carbocycles. The van der Waals surface area contributed by atoms with Gasteiger partial charge >= 0.3 is 6.09 Å². The second-order valence-electron chi connectivity index (χ2n) is 6.16. The normalized spacial score (nSPS) is 11.8. The predicted molar refractivity (Wildman–Crippen MR) is 90.4 cm³/mol. The highest BCUT2D eigenvalue weighted by Crippen LogP contribution is 2.13. The van der Waals surface area contributed by atoms with Crippen LogP contribution in [0.1, 0.15) is 32.8 Å². The van der Waals surface area contributed by atoms with Gasteiger partial charge in [-0.1, -0.05) is 18.2 Å². The molecule has 23 heavy (non-hydrogen) atoms. The van der Waals surface area contributed by atoms with Crippen molar-refractivity contribution in [1.82, 2.24) is 5.32 Å². The summed E-state index contributed by atoms with van der Waals surface area (Å²) >= 11 is 0. The molecular formula is C18H21NO4. The van der Waals surface area contributed by atoms with E-state index in [4.69, 9.17) is 9.15 Å². The van der Waals surface area contributed by atoms with Crippen molar-refractivity contribution in [3.8, 4) is 0 Å². The van der Waals surface area contributed by atoms with Crippen molar-refractivity contribution < 1.29 is 13.9 Å². The highest BCUT2D eigenvalue weighted by Gasteiger charge is 2.15. The van der Waals surface area contributed by atoms with Crippen molar-refractivity contribution in [1.29, 1.82) is 0 Å². The van der Waals surface area contributed by atoms with Gasteiger partial charge in [0.05, 0.1) is 11.6 Å². The van der Waals surface area contributed by atoms with Gasteiger partial charge in [0.25, 0.3) is 0 Å². The van der Waals surface area contributed by atoms with Crippen LogP contribution in [0.25, 0.3) is 17.0 Å². The fourth-order valence-electron chi connectivity index (χ4n) is 2.00. The molecule has 1 aromatic heterocycles. The lowest BCUT2D eigenvalue weighted by molar-refractivity contribution is 0.0529. The Morgan fingerprint density at radius 2 is 2.09 bits per heavy atom. The first-order valence-corrected chi connectivity index (χ1v) is 7.50. The number of carbonyl (C=O) groups is 1. The summed E-state index contributed by atoms with van der Waals surface area (Å²) in [5.41, 5.74) is 0.925. The van der Waals surface area contributed by atoms with Gasteiger partial charge in [0.1, 0.15) is 11.2 Å². The highest BCUT2D eigenvalue weighted by molar-refractivity contribution is 5.79. The van der Waals surface area contributed by atoms with Crippen LogP contribution in [0.4, 0.5) is 4.79 Å². The number of carbonyl (C=O) groups excluding carboxylic acids is 1. The summed E-state index contributed by atoms with van der Waals surface area (Å²) in [5, 5.41) is 3.24. The van der Waals surface area contributed by atoms with Crippen molar-refractivity contribution in [2.45, 2.75) is 32.8 Å². The minimum Gasteiger partial charge on any atom is -0.464 e. The highest BCUT2D eigenvalue weighted by atomic mass is 16.6. The largest absolute Gasteiger partial charge is 0.464 e. The molecule has 0 saturated heterocycles. The van der Waals surface area contributed by atoms with E-state index in [-0.39, 0.29) is 5.43 Å². The molecule has 1 N–H and O–H groups in total. The van der Waals surface area contributed by atoms with Gasteiger partial charge in [0.15, 0.2) is 5.43 Å². The fraction of sp³-hybridized carbons (Fsp3) is 0.333. The summed E-state index contributed by atoms with van der Waals surface area (Å²) in [6.45, 7) is 5.95. The van der Waals surface area contributed by atoms with E-state index in [1.54, 1.807) is 12.1 Å². The molecule has 0 aliphatic rings. The summed E-state index contributed by atoms with van der Waals surface area (Å²) < 4.78 is 10.4. The number of rotatable bonds is 4. The molecule has 0 aliphatic heterocycles. The van der Waals surface area contributed by atoms with Crippen LogP contribution in [0.3, 0.4) is 0 Å². The molecule has 2 aromatic rings. The Morgan fingerprint density at radius 3 is 2.83 bits per heavy atom. The monoisotopic (exact) mass is 315 g/mol. The fourth-order valence-corrected chi connectivity index (χ4v) is 2.00. The number of hydrogen-bond donors (Lipinski definition) is 1. The Bertz CT molecular complexity index is 768. The third kappa shape index (κ3) is 5.29. The number of benzene rings is 1. The molecule has 0 radical (unpaired) electrons. The van der Waals surface area contributed by atoms with Crippen LogP contribution < -0.4 is 10.7 Å². The number of alkyl carbamates (subject to hydrolysis) is 1. The van der Waals surface area contributed by atoms with Crippen molar-refractivity contribution in [3.63, 3.8) is 0 Å². The molecule has 0 spiro atoms. The first-order valence-electron chi connectivity index (χ1n) is 7.50. The van der Waals surface area contributed by atoms with E-state index in [0.717, 1.165) is 5.56 Å². The lowest BCUT2D eigenvalue weighted by atomic mass is 10.1. The smallest absolute Gasteiger partial charge is 0.407 e. The predicted octanol–water partition coefficient (Wildman–Crippen LogP) is 3.72. The molecule has 0 fully saturated rings. The average molecular weight is 315 g/mol. The molecule has 5 heteroatoms. The van der Waals surface area contributed by atoms with Crippen LogP contribution in [-0.2, 0) is 4.74 Å². The molecular weight excluding hydrogens is 294 g/mol. The molecule has 0 bridgehead atoms. The minimum atomic E-state index is -0.494. The lowest BCUT2D eigenvalue weighted by Crippen LogP contribution is -2.32. The van der Waals surface area contributed by atoms with Crippen LogP contribution in [0.2, 0.25) is 0 Å². The second-order valence-corrected chi connectivity index (χ2v) is 6.16. The summed E-state index contributed by atoms with van der Waals surface area (Å²) in [4.78, 5) is 23.2. The van der Waals surface area contributed by atoms with Gasteiger partial charge in [-0.2, -0.15) is 0 Å². The quantitative estimate of drug-likeness (QED) is 0.873. The SMILES string of the molecule is CC(C)(C)OC(=O)NCCC=Cc1ccc2occc(=O)c2c1. The van der Waals surface area contributed by atoms with Crippen LogP contribution in [0.5, 0.6) is 0 Å². The Morgan fingerprint density at radius 1 is 1.30 bits per heavy atom. The number of hydrogen-bond acceptors (Lipinski definition) is 4. The zero-order valence-electron chi connectivity index (χ0n) is 13.6. The molecule has 5 nitrogen and oxygen atoms in total. The van der Waals surface area contributed by atoms with Gasteiger partial charge in [-0.3, -0.25) is 4.79 Å². The lowest BCUT2D eigenvalue weighted by Gasteiger charge is -2.19. The summed E-state index contributed by atoms with van der Waals surface area (Å²) in [6.07, 6.45) is 5.48. The zero-order chi connectivity index (χ0) is 16.9. The van der Waals surface area contributed by atoms with E-state index in [0.29, 0.717) is 23.9 Å². The van der Waals surface area contributed by atoms with E-state index in [2.05, 4.69) is 5.32 Å². The number of ether oxygens (including phenoxy) is 1. The van der Waals surface area contributed by atoms with Gasteiger partial charge in [-0.15, -0.1) is 0 Å². The third-order valence-corrected chi connectivity index (χ3v) is 2.97. The Balaban J connectivity index is 1.88. The Labute approximate surface area is 134 Å². The molecule has 1 amide bonds. The zero-order valence-corrected chi connectivity index (χ0v) is 13.6. The van der Waals surface area contributed by atoms with Gasteiger partial charge in [0, 0.05) is 12.6 Å². The molecule has 0 atom stereocenters. The van der Waals surface area contributed by atoms with Crippen LogP contribution in [0.15, 0.2) is 45.8 Å². The van der Waals surface area contributed by atoms with Gasteiger partial charge < -0.3 is 14.5 Å². The van der Waals surface area contributed by atoms with Gasteiger partial charge in [-0.05, 0) is 44.9 Å². The molecule has 2 rings (SSSR count). The molecule has 0 aliphatic carbocycles. The Kier molecular flexibility index (Phi) is 5.21. The Hall–Kier alpha value is -2.56. The van der Waals surface area contributed by atoms with Crippen LogP contribution in [0, 0.1) is 0 Å². The van der Waals surface area contributed by atoms with Crippen LogP contribution >= 0.6 is 0 Å². The molecule has 0 unspecified atom stereocenters. The minimum absolute atomic E-state index is 0.0620. The third-order valence-electron chi connectivity index (χ3n) is 2.97. The average Bonchev–Trinajstić information content (AvgIpc) is 2.46. The van der Waals surface area contributed by atoms with E-state index >= 15 is 0 Å².